The second kappa shape index (κ2) is 4.32. The number of ketones is 1. The molecular formula is C13H8N2O2S2. The third kappa shape index (κ3) is 1.80. The van der Waals surface area contributed by atoms with Gasteiger partial charge in [0, 0.05) is 27.8 Å². The van der Waals surface area contributed by atoms with Gasteiger partial charge in [-0.2, -0.15) is 0 Å². The van der Waals surface area contributed by atoms with Crippen molar-refractivity contribution in [2.24, 2.45) is 0 Å². The molecule has 1 unspecified atom stereocenters. The van der Waals surface area contributed by atoms with Crippen LogP contribution in [0.1, 0.15) is 27.4 Å². The van der Waals surface area contributed by atoms with Gasteiger partial charge in [-0.25, -0.2) is 0 Å². The van der Waals surface area contributed by atoms with Gasteiger partial charge < -0.3 is 4.98 Å². The van der Waals surface area contributed by atoms with E-state index in [1.807, 2.05) is 6.07 Å². The van der Waals surface area contributed by atoms with Crippen LogP contribution in [0.3, 0.4) is 0 Å². The minimum Gasteiger partial charge on any atom is -0.338 e. The van der Waals surface area contributed by atoms with E-state index in [9.17, 15) is 9.59 Å². The monoisotopic (exact) mass is 288 g/mol. The fraction of sp³-hybridized carbons (Fsp3) is 0.0769. The number of aromatic nitrogens is 2. The van der Waals surface area contributed by atoms with Gasteiger partial charge >= 0.3 is 0 Å². The lowest BCUT2D eigenvalue weighted by atomic mass is 9.97. The molecule has 4 nitrogen and oxygen atoms in total. The third-order valence-corrected chi connectivity index (χ3v) is 3.82. The van der Waals surface area contributed by atoms with Crippen molar-refractivity contribution in [3.05, 3.63) is 62.3 Å². The molecule has 1 atom stereocenters. The van der Waals surface area contributed by atoms with Crippen LogP contribution in [0, 0.1) is 4.77 Å². The number of benzene rings is 1. The highest BCUT2D eigenvalue weighted by Gasteiger charge is 2.37. The van der Waals surface area contributed by atoms with Crippen LogP contribution in [0.2, 0.25) is 0 Å². The summed E-state index contributed by atoms with van der Waals surface area (Å²) in [6.45, 7) is 0. The summed E-state index contributed by atoms with van der Waals surface area (Å²) in [5.41, 5.74) is 1.23. The Morgan fingerprint density at radius 1 is 1.05 bits per heavy atom. The standard InChI is InChI=1S/C13H8N2O2S2/c16-10-6-3-1-2-4-7(6)11(18)9(10)8-5-14-13(19)15-12(8)17/h1-5,9H,(H2,14,15,17,19). The highest BCUT2D eigenvalue weighted by molar-refractivity contribution is 7.81. The summed E-state index contributed by atoms with van der Waals surface area (Å²) < 4.78 is 0.225. The van der Waals surface area contributed by atoms with Crippen LogP contribution in [0.25, 0.3) is 0 Å². The molecule has 6 heteroatoms. The van der Waals surface area contributed by atoms with Gasteiger partial charge in [-0.15, -0.1) is 0 Å². The van der Waals surface area contributed by atoms with Crippen molar-refractivity contribution in [2.45, 2.75) is 5.92 Å². The molecule has 1 aromatic heterocycles. The highest BCUT2D eigenvalue weighted by Crippen LogP contribution is 2.32. The number of aromatic amines is 2. The van der Waals surface area contributed by atoms with Gasteiger partial charge in [0.15, 0.2) is 10.6 Å². The molecule has 0 amide bonds. The number of rotatable bonds is 1. The Balaban J connectivity index is 2.19. The second-order valence-electron chi connectivity index (χ2n) is 4.23. The molecule has 1 aromatic carbocycles. The predicted molar refractivity (Wildman–Crippen MR) is 77.5 cm³/mol. The molecule has 1 heterocycles. The van der Waals surface area contributed by atoms with Crippen LogP contribution in [0.4, 0.5) is 0 Å². The summed E-state index contributed by atoms with van der Waals surface area (Å²) in [6.07, 6.45) is 1.46. The molecule has 0 fully saturated rings. The highest BCUT2D eigenvalue weighted by atomic mass is 32.1. The zero-order valence-corrected chi connectivity index (χ0v) is 11.2. The summed E-state index contributed by atoms with van der Waals surface area (Å²) in [4.78, 5) is 30.0. The van der Waals surface area contributed by atoms with Crippen LogP contribution in [0.5, 0.6) is 0 Å². The molecule has 19 heavy (non-hydrogen) atoms. The molecule has 0 aliphatic heterocycles. The van der Waals surface area contributed by atoms with Crippen molar-refractivity contribution in [3.63, 3.8) is 0 Å². The largest absolute Gasteiger partial charge is 0.338 e. The van der Waals surface area contributed by atoms with Crippen molar-refractivity contribution >= 4 is 35.1 Å². The Labute approximate surface area is 118 Å². The van der Waals surface area contributed by atoms with Gasteiger partial charge in [-0.3, -0.25) is 14.6 Å². The van der Waals surface area contributed by atoms with Gasteiger partial charge in [-0.1, -0.05) is 36.5 Å². The average Bonchev–Trinajstić information content (AvgIpc) is 2.64. The predicted octanol–water partition coefficient (Wildman–Crippen LogP) is 2.13. The van der Waals surface area contributed by atoms with Gasteiger partial charge in [0.2, 0.25) is 0 Å². The van der Waals surface area contributed by atoms with Crippen molar-refractivity contribution in [1.29, 1.82) is 0 Å². The van der Waals surface area contributed by atoms with Crippen LogP contribution >= 0.6 is 24.4 Å². The normalized spacial score (nSPS) is 17.6. The average molecular weight is 288 g/mol. The zero-order chi connectivity index (χ0) is 13.6. The zero-order valence-electron chi connectivity index (χ0n) is 9.60. The number of nitrogens with one attached hydrogen (secondary N) is 2. The first kappa shape index (κ1) is 12.1. The van der Waals surface area contributed by atoms with E-state index in [0.29, 0.717) is 16.0 Å². The first-order valence-electron chi connectivity index (χ1n) is 5.59. The van der Waals surface area contributed by atoms with E-state index in [4.69, 9.17) is 24.4 Å². The van der Waals surface area contributed by atoms with E-state index in [2.05, 4.69) is 9.97 Å². The van der Waals surface area contributed by atoms with Crippen LogP contribution in [-0.2, 0) is 0 Å². The van der Waals surface area contributed by atoms with Crippen LogP contribution < -0.4 is 5.56 Å². The number of carbonyl (C=O) groups is 1. The lowest BCUT2D eigenvalue weighted by Gasteiger charge is -2.07. The quantitative estimate of drug-likeness (QED) is 0.789. The first-order valence-corrected chi connectivity index (χ1v) is 6.40. The number of H-pyrrole nitrogens is 2. The number of Topliss-reactive ketones (excluding diaryl/α,β-unsaturated/α-hetero) is 1. The molecule has 0 radical (unpaired) electrons. The van der Waals surface area contributed by atoms with Gasteiger partial charge in [0.25, 0.3) is 5.56 Å². The molecule has 94 valence electrons. The lowest BCUT2D eigenvalue weighted by molar-refractivity contribution is 0.0988. The van der Waals surface area contributed by atoms with Crippen molar-refractivity contribution in [1.82, 2.24) is 9.97 Å². The minimum atomic E-state index is -0.706. The molecule has 2 N–H and O–H groups in total. The molecule has 0 saturated carbocycles. The Morgan fingerprint density at radius 2 is 1.74 bits per heavy atom. The van der Waals surface area contributed by atoms with Gasteiger partial charge in [0.1, 0.15) is 0 Å². The summed E-state index contributed by atoms with van der Waals surface area (Å²) in [5, 5.41) is 0. The Kier molecular flexibility index (Phi) is 2.76. The molecule has 0 bridgehead atoms. The molecular weight excluding hydrogens is 280 g/mol. The Morgan fingerprint density at radius 3 is 2.37 bits per heavy atom. The number of hydrogen-bond donors (Lipinski definition) is 2. The fourth-order valence-corrected chi connectivity index (χ4v) is 2.82. The lowest BCUT2D eigenvalue weighted by Crippen LogP contribution is -2.23. The molecule has 0 saturated heterocycles. The smallest absolute Gasteiger partial charge is 0.255 e. The van der Waals surface area contributed by atoms with Crippen LogP contribution in [0.15, 0.2) is 35.3 Å². The van der Waals surface area contributed by atoms with Gasteiger partial charge in [-0.05, 0) is 12.2 Å². The number of carbonyl (C=O) groups excluding carboxylic acids is 1. The Hall–Kier alpha value is -1.92. The summed E-state index contributed by atoms with van der Waals surface area (Å²) in [6, 6.07) is 7.13. The van der Waals surface area contributed by atoms with E-state index in [-0.39, 0.29) is 16.1 Å². The molecule has 3 rings (SSSR count). The molecule has 0 spiro atoms. The number of fused-ring (bicyclic) bond motifs is 1. The molecule has 1 aliphatic carbocycles. The maximum atomic E-state index is 12.4. The maximum absolute atomic E-state index is 12.4. The summed E-state index contributed by atoms with van der Waals surface area (Å²) >= 11 is 10.2. The van der Waals surface area contributed by atoms with E-state index in [0.717, 1.165) is 5.56 Å². The number of hydrogen-bond acceptors (Lipinski definition) is 4. The van der Waals surface area contributed by atoms with Crippen molar-refractivity contribution in [2.75, 3.05) is 0 Å². The van der Waals surface area contributed by atoms with Gasteiger partial charge in [0.05, 0.1) is 5.92 Å². The Bertz CT molecular complexity index is 785. The van der Waals surface area contributed by atoms with Crippen molar-refractivity contribution in [3.8, 4) is 0 Å². The summed E-state index contributed by atoms with van der Waals surface area (Å²) in [7, 11) is 0. The third-order valence-electron chi connectivity index (χ3n) is 3.14. The fourth-order valence-electron chi connectivity index (χ4n) is 2.26. The first-order chi connectivity index (χ1) is 9.09. The molecule has 1 aliphatic rings. The number of thiocarbonyl (C=S) groups is 1. The molecule has 2 aromatic rings. The van der Waals surface area contributed by atoms with E-state index >= 15 is 0 Å². The van der Waals surface area contributed by atoms with E-state index < -0.39 is 5.92 Å². The van der Waals surface area contributed by atoms with Crippen molar-refractivity contribution < 1.29 is 4.79 Å². The topological polar surface area (TPSA) is 65.7 Å². The van der Waals surface area contributed by atoms with E-state index in [1.165, 1.54) is 6.20 Å². The van der Waals surface area contributed by atoms with E-state index in [1.54, 1.807) is 18.2 Å². The SMILES string of the molecule is O=C1c2ccccc2C(=S)C1c1c[nH]c(=S)[nH]c1=O. The summed E-state index contributed by atoms with van der Waals surface area (Å²) in [5.74, 6) is -0.848. The minimum absolute atomic E-state index is 0.142. The second-order valence-corrected chi connectivity index (χ2v) is 5.08. The van der Waals surface area contributed by atoms with Crippen LogP contribution in [-0.4, -0.2) is 20.6 Å². The maximum Gasteiger partial charge on any atom is 0.255 e.